The smallest absolute Gasteiger partial charge is 0.143 e. The van der Waals surface area contributed by atoms with Gasteiger partial charge in [-0.15, -0.1) is 0 Å². The fraction of sp³-hybridized carbons (Fsp3) is 0.200. The average molecular weight is 566 g/mol. The van der Waals surface area contributed by atoms with Gasteiger partial charge in [-0.05, 0) is 78.0 Å². The molecule has 0 fully saturated rings. The van der Waals surface area contributed by atoms with Crippen molar-refractivity contribution in [2.45, 2.75) is 25.0 Å². The van der Waals surface area contributed by atoms with Crippen LogP contribution < -0.4 is 4.74 Å². The van der Waals surface area contributed by atoms with Gasteiger partial charge >= 0.3 is 0 Å². The summed E-state index contributed by atoms with van der Waals surface area (Å²) in [5.41, 5.74) is 8.73. The van der Waals surface area contributed by atoms with E-state index < -0.39 is 5.60 Å². The van der Waals surface area contributed by atoms with Gasteiger partial charge in [-0.3, -0.25) is 0 Å². The van der Waals surface area contributed by atoms with E-state index in [0.29, 0.717) is 13.2 Å². The van der Waals surface area contributed by atoms with Crippen LogP contribution in [0.2, 0.25) is 0 Å². The van der Waals surface area contributed by atoms with E-state index in [2.05, 4.69) is 159 Å². The van der Waals surface area contributed by atoms with Crippen molar-refractivity contribution in [2.24, 2.45) is 0 Å². The second kappa shape index (κ2) is 13.2. The van der Waals surface area contributed by atoms with Crippen molar-refractivity contribution < 1.29 is 9.47 Å². The Morgan fingerprint density at radius 2 is 1.28 bits per heavy atom. The van der Waals surface area contributed by atoms with Crippen LogP contribution in [0.5, 0.6) is 5.75 Å². The lowest BCUT2D eigenvalue weighted by molar-refractivity contribution is 0.0147. The van der Waals surface area contributed by atoms with Crippen molar-refractivity contribution in [3.05, 3.63) is 178 Å². The summed E-state index contributed by atoms with van der Waals surface area (Å²) in [6.07, 6.45) is 4.11. The monoisotopic (exact) mass is 565 g/mol. The van der Waals surface area contributed by atoms with Crippen LogP contribution in [0.1, 0.15) is 45.4 Å². The standard InChI is InChI=1S/C40H39NO2/c1-41(2)27-14-23-37-36-22-13-12-15-32(36)30-42-39-25-24-31(29-38(37)39)26-28-43-40(33-16-6-3-7-17-33,34-18-8-4-9-19-34)35-20-10-5-11-21-35/h3-13,15-25,29H,14,26-28,30H2,1-2H3/b37-23+. The Balaban J connectivity index is 1.34. The number of hydrogen-bond acceptors (Lipinski definition) is 3. The SMILES string of the molecule is CN(C)CC/C=C1\c2ccccc2COc2ccc(CCOC(c3ccccc3)(c3ccccc3)c3ccccc3)cc21. The highest BCUT2D eigenvalue weighted by Crippen LogP contribution is 2.41. The summed E-state index contributed by atoms with van der Waals surface area (Å²) < 4.78 is 13.4. The molecule has 0 radical (unpaired) electrons. The summed E-state index contributed by atoms with van der Waals surface area (Å²) >= 11 is 0. The van der Waals surface area contributed by atoms with Crippen LogP contribution in [0, 0.1) is 0 Å². The van der Waals surface area contributed by atoms with Crippen LogP contribution in [0.3, 0.4) is 0 Å². The molecule has 0 amide bonds. The molecule has 0 saturated heterocycles. The van der Waals surface area contributed by atoms with Crippen molar-refractivity contribution >= 4 is 5.57 Å². The molecule has 3 heteroatoms. The minimum absolute atomic E-state index is 0.550. The van der Waals surface area contributed by atoms with E-state index >= 15 is 0 Å². The predicted octanol–water partition coefficient (Wildman–Crippen LogP) is 8.51. The summed E-state index contributed by atoms with van der Waals surface area (Å²) in [6.45, 7) is 2.12. The Labute approximate surface area is 256 Å². The molecular weight excluding hydrogens is 526 g/mol. The summed E-state index contributed by atoms with van der Waals surface area (Å²) in [5.74, 6) is 0.934. The number of fused-ring (bicyclic) bond motifs is 2. The fourth-order valence-corrected chi connectivity index (χ4v) is 6.06. The lowest BCUT2D eigenvalue weighted by atomic mass is 9.80. The zero-order chi connectivity index (χ0) is 29.5. The van der Waals surface area contributed by atoms with Crippen molar-refractivity contribution in [1.82, 2.24) is 4.90 Å². The molecule has 216 valence electrons. The number of rotatable bonds is 10. The summed E-state index contributed by atoms with van der Waals surface area (Å²) in [5, 5.41) is 0. The zero-order valence-corrected chi connectivity index (χ0v) is 25.1. The van der Waals surface area contributed by atoms with Gasteiger partial charge in [0.15, 0.2) is 0 Å². The highest BCUT2D eigenvalue weighted by molar-refractivity contribution is 5.85. The molecule has 1 aliphatic heterocycles. The molecule has 5 aromatic carbocycles. The minimum Gasteiger partial charge on any atom is -0.488 e. The predicted molar refractivity (Wildman–Crippen MR) is 176 cm³/mol. The maximum atomic E-state index is 7.08. The van der Waals surface area contributed by atoms with Gasteiger partial charge in [0.25, 0.3) is 0 Å². The third-order valence-corrected chi connectivity index (χ3v) is 8.20. The van der Waals surface area contributed by atoms with Gasteiger partial charge in [0, 0.05) is 12.1 Å². The molecule has 1 heterocycles. The fourth-order valence-electron chi connectivity index (χ4n) is 6.06. The molecule has 1 aliphatic rings. The molecule has 0 N–H and O–H groups in total. The van der Waals surface area contributed by atoms with E-state index in [1.807, 2.05) is 0 Å². The van der Waals surface area contributed by atoms with Gasteiger partial charge < -0.3 is 14.4 Å². The van der Waals surface area contributed by atoms with Gasteiger partial charge in [0.2, 0.25) is 0 Å². The molecule has 0 atom stereocenters. The van der Waals surface area contributed by atoms with Crippen LogP contribution in [-0.2, 0) is 23.4 Å². The average Bonchev–Trinajstić information content (AvgIpc) is 3.21. The molecular formula is C40H39NO2. The second-order valence-electron chi connectivity index (χ2n) is 11.4. The molecule has 5 aromatic rings. The first-order valence-corrected chi connectivity index (χ1v) is 15.1. The molecule has 43 heavy (non-hydrogen) atoms. The highest BCUT2D eigenvalue weighted by atomic mass is 16.5. The Kier molecular flexibility index (Phi) is 8.83. The first-order valence-electron chi connectivity index (χ1n) is 15.1. The van der Waals surface area contributed by atoms with E-state index in [9.17, 15) is 0 Å². The largest absolute Gasteiger partial charge is 0.488 e. The van der Waals surface area contributed by atoms with Gasteiger partial charge in [0.05, 0.1) is 6.61 Å². The van der Waals surface area contributed by atoms with Crippen LogP contribution in [0.25, 0.3) is 5.57 Å². The molecule has 0 aliphatic carbocycles. The maximum absolute atomic E-state index is 7.08. The first kappa shape index (κ1) is 28.7. The number of nitrogens with zero attached hydrogens (tertiary/aromatic N) is 1. The summed E-state index contributed by atoms with van der Waals surface area (Å²) in [4.78, 5) is 2.23. The van der Waals surface area contributed by atoms with Crippen molar-refractivity contribution in [3.63, 3.8) is 0 Å². The Morgan fingerprint density at radius 1 is 0.698 bits per heavy atom. The summed E-state index contributed by atoms with van der Waals surface area (Å²) in [6, 6.07) is 47.0. The molecule has 0 bridgehead atoms. The minimum atomic E-state index is -0.727. The van der Waals surface area contributed by atoms with E-state index in [1.165, 1.54) is 22.3 Å². The molecule has 0 aromatic heterocycles. The summed E-state index contributed by atoms with van der Waals surface area (Å²) in [7, 11) is 4.24. The van der Waals surface area contributed by atoms with Crippen molar-refractivity contribution in [1.29, 1.82) is 0 Å². The van der Waals surface area contributed by atoms with E-state index in [1.54, 1.807) is 0 Å². The molecule has 0 spiro atoms. The van der Waals surface area contributed by atoms with Crippen LogP contribution in [0.4, 0.5) is 0 Å². The normalized spacial score (nSPS) is 13.7. The Morgan fingerprint density at radius 3 is 1.88 bits per heavy atom. The zero-order valence-electron chi connectivity index (χ0n) is 25.1. The lowest BCUT2D eigenvalue weighted by Gasteiger charge is -2.36. The topological polar surface area (TPSA) is 21.7 Å². The third kappa shape index (κ3) is 6.19. The Hall–Kier alpha value is -4.44. The second-order valence-corrected chi connectivity index (χ2v) is 11.4. The van der Waals surface area contributed by atoms with Crippen LogP contribution in [0.15, 0.2) is 140 Å². The van der Waals surface area contributed by atoms with E-state index in [-0.39, 0.29) is 0 Å². The number of hydrogen-bond donors (Lipinski definition) is 0. The number of ether oxygens (including phenoxy) is 2. The highest BCUT2D eigenvalue weighted by Gasteiger charge is 2.37. The number of benzene rings is 5. The van der Waals surface area contributed by atoms with Crippen LogP contribution >= 0.6 is 0 Å². The quantitative estimate of drug-likeness (QED) is 0.159. The van der Waals surface area contributed by atoms with Crippen molar-refractivity contribution in [2.75, 3.05) is 27.2 Å². The van der Waals surface area contributed by atoms with E-state index in [4.69, 9.17) is 9.47 Å². The van der Waals surface area contributed by atoms with Gasteiger partial charge in [-0.25, -0.2) is 0 Å². The van der Waals surface area contributed by atoms with Gasteiger partial charge in [-0.1, -0.05) is 127 Å². The van der Waals surface area contributed by atoms with Crippen LogP contribution in [-0.4, -0.2) is 32.1 Å². The third-order valence-electron chi connectivity index (χ3n) is 8.20. The molecule has 0 saturated carbocycles. The molecule has 0 unspecified atom stereocenters. The van der Waals surface area contributed by atoms with Gasteiger partial charge in [-0.2, -0.15) is 0 Å². The molecule has 3 nitrogen and oxygen atoms in total. The van der Waals surface area contributed by atoms with Gasteiger partial charge in [0.1, 0.15) is 18.0 Å². The Bertz CT molecular complexity index is 1560. The lowest BCUT2D eigenvalue weighted by Crippen LogP contribution is -2.33. The first-order chi connectivity index (χ1) is 21.1. The van der Waals surface area contributed by atoms with E-state index in [0.717, 1.165) is 47.4 Å². The molecule has 6 rings (SSSR count). The maximum Gasteiger partial charge on any atom is 0.143 e. The van der Waals surface area contributed by atoms with Crippen molar-refractivity contribution in [3.8, 4) is 5.75 Å².